The van der Waals surface area contributed by atoms with Crippen LogP contribution in [0.1, 0.15) is 41.6 Å². The van der Waals surface area contributed by atoms with E-state index in [2.05, 4.69) is 15.3 Å². The number of imidazole rings is 1. The number of benzene rings is 1. The van der Waals surface area contributed by atoms with Crippen molar-refractivity contribution in [3.63, 3.8) is 0 Å². The van der Waals surface area contributed by atoms with Crippen LogP contribution in [-0.4, -0.2) is 32.9 Å². The first-order valence-electron chi connectivity index (χ1n) is 9.51. The maximum atomic E-state index is 13.2. The minimum Gasteiger partial charge on any atom is -0.352 e. The standard InChI is InChI=1S/C21H22F2N4O/c22-21(23)8-6-15(7-9-21)11-25-20(28)17-10-18-19(24-12-17)27(14-26-18)13-16-4-2-1-3-5-16/h1-5,10,12,14-15H,6-9,11,13H2,(H,25,28). The topological polar surface area (TPSA) is 59.8 Å². The number of aromatic nitrogens is 3. The third kappa shape index (κ3) is 4.18. The van der Waals surface area contributed by atoms with Gasteiger partial charge in [-0.05, 0) is 30.4 Å². The van der Waals surface area contributed by atoms with Gasteiger partial charge in [0.25, 0.3) is 5.91 Å². The number of nitrogens with zero attached hydrogens (tertiary/aromatic N) is 3. The van der Waals surface area contributed by atoms with Gasteiger partial charge in [-0.15, -0.1) is 0 Å². The van der Waals surface area contributed by atoms with Crippen molar-refractivity contribution in [1.82, 2.24) is 19.9 Å². The van der Waals surface area contributed by atoms with Gasteiger partial charge in [0.05, 0.1) is 18.4 Å². The molecule has 5 nitrogen and oxygen atoms in total. The number of halogens is 2. The molecule has 4 rings (SSSR count). The summed E-state index contributed by atoms with van der Waals surface area (Å²) < 4.78 is 28.4. The molecule has 1 aliphatic carbocycles. The first-order chi connectivity index (χ1) is 13.5. The molecule has 0 bridgehead atoms. The van der Waals surface area contributed by atoms with Gasteiger partial charge < -0.3 is 9.88 Å². The second kappa shape index (κ2) is 7.66. The highest BCUT2D eigenvalue weighted by atomic mass is 19.3. The normalized spacial score (nSPS) is 16.9. The summed E-state index contributed by atoms with van der Waals surface area (Å²) in [5, 5.41) is 2.85. The highest BCUT2D eigenvalue weighted by molar-refractivity contribution is 5.96. The number of hydrogen-bond donors (Lipinski definition) is 1. The van der Waals surface area contributed by atoms with E-state index in [1.54, 1.807) is 12.4 Å². The van der Waals surface area contributed by atoms with Gasteiger partial charge in [0, 0.05) is 25.6 Å². The van der Waals surface area contributed by atoms with Gasteiger partial charge >= 0.3 is 0 Å². The number of carbonyl (C=O) groups is 1. The summed E-state index contributed by atoms with van der Waals surface area (Å²) in [4.78, 5) is 21.2. The monoisotopic (exact) mass is 384 g/mol. The van der Waals surface area contributed by atoms with Crippen LogP contribution in [0.25, 0.3) is 11.2 Å². The first-order valence-corrected chi connectivity index (χ1v) is 9.51. The van der Waals surface area contributed by atoms with E-state index >= 15 is 0 Å². The number of rotatable bonds is 5. The molecular formula is C21H22F2N4O. The van der Waals surface area contributed by atoms with Gasteiger partial charge in [-0.1, -0.05) is 30.3 Å². The molecule has 0 saturated heterocycles. The molecule has 0 radical (unpaired) electrons. The fourth-order valence-corrected chi connectivity index (χ4v) is 3.61. The molecule has 0 aliphatic heterocycles. The Hall–Kier alpha value is -2.83. The molecule has 1 saturated carbocycles. The molecule has 1 aromatic carbocycles. The third-order valence-corrected chi connectivity index (χ3v) is 5.30. The van der Waals surface area contributed by atoms with E-state index in [-0.39, 0.29) is 24.7 Å². The van der Waals surface area contributed by atoms with Crippen molar-refractivity contribution < 1.29 is 13.6 Å². The number of nitrogens with one attached hydrogen (secondary N) is 1. The number of carbonyl (C=O) groups excluding carboxylic acids is 1. The van der Waals surface area contributed by atoms with Crippen LogP contribution < -0.4 is 5.32 Å². The van der Waals surface area contributed by atoms with Gasteiger partial charge in [-0.25, -0.2) is 18.7 Å². The van der Waals surface area contributed by atoms with Gasteiger partial charge in [-0.2, -0.15) is 0 Å². The summed E-state index contributed by atoms with van der Waals surface area (Å²) in [5.74, 6) is -2.69. The molecule has 0 atom stereocenters. The lowest BCUT2D eigenvalue weighted by atomic mass is 9.87. The molecule has 28 heavy (non-hydrogen) atoms. The Morgan fingerprint density at radius 2 is 1.93 bits per heavy atom. The van der Waals surface area contributed by atoms with Crippen LogP contribution in [0.2, 0.25) is 0 Å². The molecule has 1 fully saturated rings. The fraction of sp³-hybridized carbons (Fsp3) is 0.381. The molecule has 2 heterocycles. The average molecular weight is 384 g/mol. The first kappa shape index (κ1) is 18.5. The van der Waals surface area contributed by atoms with Gasteiger partial charge in [0.2, 0.25) is 5.92 Å². The average Bonchev–Trinajstić information content (AvgIpc) is 3.10. The van der Waals surface area contributed by atoms with E-state index in [1.165, 1.54) is 6.20 Å². The maximum Gasteiger partial charge on any atom is 0.252 e. The lowest BCUT2D eigenvalue weighted by molar-refractivity contribution is -0.0452. The Morgan fingerprint density at radius 3 is 2.68 bits per heavy atom. The van der Waals surface area contributed by atoms with Crippen LogP contribution in [0.4, 0.5) is 8.78 Å². The Balaban J connectivity index is 1.40. The zero-order chi connectivity index (χ0) is 19.6. The van der Waals surface area contributed by atoms with Crippen molar-refractivity contribution in [3.05, 3.63) is 60.0 Å². The van der Waals surface area contributed by atoms with Gasteiger partial charge in [-0.3, -0.25) is 4.79 Å². The van der Waals surface area contributed by atoms with Crippen LogP contribution in [-0.2, 0) is 6.54 Å². The number of alkyl halides is 2. The van der Waals surface area contributed by atoms with E-state index in [9.17, 15) is 13.6 Å². The second-order valence-electron chi connectivity index (χ2n) is 7.43. The van der Waals surface area contributed by atoms with Gasteiger partial charge in [0.15, 0.2) is 5.65 Å². The van der Waals surface area contributed by atoms with E-state index in [0.717, 1.165) is 11.2 Å². The zero-order valence-corrected chi connectivity index (χ0v) is 15.4. The molecule has 146 valence electrons. The number of fused-ring (bicyclic) bond motifs is 1. The number of pyridine rings is 1. The number of amides is 1. The van der Waals surface area contributed by atoms with Crippen LogP contribution in [0.15, 0.2) is 48.9 Å². The molecule has 0 unspecified atom stereocenters. The van der Waals surface area contributed by atoms with Crippen molar-refractivity contribution in [1.29, 1.82) is 0 Å². The van der Waals surface area contributed by atoms with E-state index in [0.29, 0.717) is 37.0 Å². The zero-order valence-electron chi connectivity index (χ0n) is 15.4. The molecule has 3 aromatic rings. The highest BCUT2D eigenvalue weighted by Gasteiger charge is 2.34. The van der Waals surface area contributed by atoms with Crippen molar-refractivity contribution in [2.75, 3.05) is 6.54 Å². The maximum absolute atomic E-state index is 13.2. The van der Waals surface area contributed by atoms with E-state index in [4.69, 9.17) is 0 Å². The van der Waals surface area contributed by atoms with Gasteiger partial charge in [0.1, 0.15) is 5.52 Å². The highest BCUT2D eigenvalue weighted by Crippen LogP contribution is 2.35. The van der Waals surface area contributed by atoms with E-state index < -0.39 is 5.92 Å². The van der Waals surface area contributed by atoms with E-state index in [1.807, 2.05) is 34.9 Å². The molecular weight excluding hydrogens is 362 g/mol. The van der Waals surface area contributed by atoms with Crippen LogP contribution in [0.3, 0.4) is 0 Å². The number of hydrogen-bond acceptors (Lipinski definition) is 3. The fourth-order valence-electron chi connectivity index (χ4n) is 3.61. The smallest absolute Gasteiger partial charge is 0.252 e. The summed E-state index contributed by atoms with van der Waals surface area (Å²) >= 11 is 0. The largest absolute Gasteiger partial charge is 0.352 e. The third-order valence-electron chi connectivity index (χ3n) is 5.30. The molecule has 1 N–H and O–H groups in total. The van der Waals surface area contributed by atoms with Crippen molar-refractivity contribution in [2.45, 2.75) is 38.2 Å². The van der Waals surface area contributed by atoms with Crippen LogP contribution in [0.5, 0.6) is 0 Å². The minimum atomic E-state index is -2.55. The summed E-state index contributed by atoms with van der Waals surface area (Å²) in [5.41, 5.74) is 2.94. The Labute approximate surface area is 161 Å². The summed E-state index contributed by atoms with van der Waals surface area (Å²) in [7, 11) is 0. The predicted octanol–water partition coefficient (Wildman–Crippen LogP) is 4.03. The summed E-state index contributed by atoms with van der Waals surface area (Å²) in [6.07, 6.45) is 3.94. The second-order valence-corrected chi connectivity index (χ2v) is 7.43. The Kier molecular flexibility index (Phi) is 5.07. The molecule has 7 heteroatoms. The Bertz CT molecular complexity index is 961. The molecule has 1 amide bonds. The molecule has 0 spiro atoms. The lowest BCUT2D eigenvalue weighted by Crippen LogP contribution is -2.33. The quantitative estimate of drug-likeness (QED) is 0.722. The Morgan fingerprint density at radius 1 is 1.18 bits per heavy atom. The predicted molar refractivity (Wildman–Crippen MR) is 102 cm³/mol. The van der Waals surface area contributed by atoms with Crippen molar-refractivity contribution >= 4 is 17.1 Å². The van der Waals surface area contributed by atoms with Crippen LogP contribution >= 0.6 is 0 Å². The van der Waals surface area contributed by atoms with Crippen molar-refractivity contribution in [2.24, 2.45) is 5.92 Å². The minimum absolute atomic E-state index is 0.0973. The molecule has 2 aromatic heterocycles. The summed E-state index contributed by atoms with van der Waals surface area (Å²) in [6.45, 7) is 1.07. The van der Waals surface area contributed by atoms with Crippen molar-refractivity contribution in [3.8, 4) is 0 Å². The summed E-state index contributed by atoms with van der Waals surface area (Å²) in [6, 6.07) is 11.7. The molecule has 1 aliphatic rings. The van der Waals surface area contributed by atoms with Crippen LogP contribution in [0, 0.1) is 5.92 Å². The lowest BCUT2D eigenvalue weighted by Gasteiger charge is -2.28. The SMILES string of the molecule is O=C(NCC1CCC(F)(F)CC1)c1cnc2c(c1)ncn2Cc1ccccc1.